The van der Waals surface area contributed by atoms with E-state index in [1.807, 2.05) is 0 Å². The SMILES string of the molecule is C=CCOC[C@@H](O)CN(CCC)CCC. The van der Waals surface area contributed by atoms with Crippen LogP contribution in [0.3, 0.4) is 0 Å². The van der Waals surface area contributed by atoms with Crippen LogP contribution in [0.1, 0.15) is 26.7 Å². The molecule has 0 aromatic carbocycles. The van der Waals surface area contributed by atoms with Gasteiger partial charge < -0.3 is 14.7 Å². The summed E-state index contributed by atoms with van der Waals surface area (Å²) >= 11 is 0. The predicted molar refractivity (Wildman–Crippen MR) is 64.0 cm³/mol. The van der Waals surface area contributed by atoms with Gasteiger partial charge in [-0.05, 0) is 25.9 Å². The van der Waals surface area contributed by atoms with Crippen molar-refractivity contribution >= 4 is 0 Å². The first kappa shape index (κ1) is 14.6. The van der Waals surface area contributed by atoms with Gasteiger partial charge in [-0.15, -0.1) is 6.58 Å². The summed E-state index contributed by atoms with van der Waals surface area (Å²) in [5, 5.41) is 9.70. The molecular weight excluding hydrogens is 190 g/mol. The maximum absolute atomic E-state index is 9.70. The molecule has 0 saturated heterocycles. The fraction of sp³-hybridized carbons (Fsp3) is 0.833. The van der Waals surface area contributed by atoms with Crippen molar-refractivity contribution in [3.8, 4) is 0 Å². The van der Waals surface area contributed by atoms with Gasteiger partial charge in [0.05, 0.1) is 19.3 Å². The Balaban J connectivity index is 3.66. The highest BCUT2D eigenvalue weighted by Gasteiger charge is 2.09. The summed E-state index contributed by atoms with van der Waals surface area (Å²) < 4.78 is 5.21. The fourth-order valence-electron chi connectivity index (χ4n) is 1.56. The van der Waals surface area contributed by atoms with E-state index in [9.17, 15) is 5.11 Å². The highest BCUT2D eigenvalue weighted by Crippen LogP contribution is 1.97. The van der Waals surface area contributed by atoms with E-state index in [1.54, 1.807) is 6.08 Å². The Morgan fingerprint density at radius 1 is 1.33 bits per heavy atom. The molecule has 0 saturated carbocycles. The molecule has 0 aromatic rings. The highest BCUT2D eigenvalue weighted by atomic mass is 16.5. The molecule has 3 nitrogen and oxygen atoms in total. The third-order valence-electron chi connectivity index (χ3n) is 2.09. The number of nitrogens with zero attached hydrogens (tertiary/aromatic N) is 1. The lowest BCUT2D eigenvalue weighted by atomic mass is 10.3. The molecule has 90 valence electrons. The second-order valence-electron chi connectivity index (χ2n) is 3.78. The minimum atomic E-state index is -0.386. The van der Waals surface area contributed by atoms with Gasteiger partial charge in [-0.3, -0.25) is 0 Å². The molecule has 0 aromatic heterocycles. The largest absolute Gasteiger partial charge is 0.389 e. The lowest BCUT2D eigenvalue weighted by molar-refractivity contribution is 0.0262. The van der Waals surface area contributed by atoms with E-state index in [1.165, 1.54) is 0 Å². The maximum atomic E-state index is 9.70. The molecule has 0 amide bonds. The second-order valence-corrected chi connectivity index (χ2v) is 3.78. The molecule has 0 fully saturated rings. The van der Waals surface area contributed by atoms with Gasteiger partial charge in [0.15, 0.2) is 0 Å². The molecule has 15 heavy (non-hydrogen) atoms. The molecule has 0 rings (SSSR count). The van der Waals surface area contributed by atoms with Gasteiger partial charge in [-0.2, -0.15) is 0 Å². The molecule has 0 bridgehead atoms. The average molecular weight is 215 g/mol. The highest BCUT2D eigenvalue weighted by molar-refractivity contribution is 4.67. The van der Waals surface area contributed by atoms with Gasteiger partial charge in [0.2, 0.25) is 0 Å². The minimum Gasteiger partial charge on any atom is -0.389 e. The molecule has 0 unspecified atom stereocenters. The summed E-state index contributed by atoms with van der Waals surface area (Å²) in [6, 6.07) is 0. The number of rotatable bonds is 10. The van der Waals surface area contributed by atoms with Crippen LogP contribution in [-0.2, 0) is 4.74 Å². The van der Waals surface area contributed by atoms with Crippen LogP contribution in [0.15, 0.2) is 12.7 Å². The van der Waals surface area contributed by atoms with Gasteiger partial charge in [0, 0.05) is 6.54 Å². The number of aliphatic hydroxyl groups excluding tert-OH is 1. The number of hydrogen-bond donors (Lipinski definition) is 1. The van der Waals surface area contributed by atoms with Crippen LogP contribution in [-0.4, -0.2) is 49.0 Å². The zero-order chi connectivity index (χ0) is 11.5. The number of aliphatic hydroxyl groups is 1. The molecule has 0 heterocycles. The monoisotopic (exact) mass is 215 g/mol. The Bertz CT molecular complexity index is 145. The van der Waals surface area contributed by atoms with Crippen LogP contribution in [0.25, 0.3) is 0 Å². The lowest BCUT2D eigenvalue weighted by Crippen LogP contribution is -2.36. The van der Waals surface area contributed by atoms with Crippen molar-refractivity contribution < 1.29 is 9.84 Å². The zero-order valence-corrected chi connectivity index (χ0v) is 10.1. The predicted octanol–water partition coefficient (Wildman–Crippen LogP) is 1.67. The average Bonchev–Trinajstić information content (AvgIpc) is 2.19. The first-order chi connectivity index (χ1) is 7.24. The van der Waals surface area contributed by atoms with E-state index < -0.39 is 0 Å². The van der Waals surface area contributed by atoms with Crippen molar-refractivity contribution in [1.29, 1.82) is 0 Å². The summed E-state index contributed by atoms with van der Waals surface area (Å²) in [4.78, 5) is 2.28. The van der Waals surface area contributed by atoms with Crippen molar-refractivity contribution in [2.45, 2.75) is 32.8 Å². The van der Waals surface area contributed by atoms with Crippen LogP contribution in [0.2, 0.25) is 0 Å². The third-order valence-corrected chi connectivity index (χ3v) is 2.09. The Kier molecular flexibility index (Phi) is 9.89. The Hall–Kier alpha value is -0.380. The van der Waals surface area contributed by atoms with Crippen molar-refractivity contribution in [3.05, 3.63) is 12.7 Å². The summed E-state index contributed by atoms with van der Waals surface area (Å²) in [7, 11) is 0. The van der Waals surface area contributed by atoms with E-state index >= 15 is 0 Å². The first-order valence-corrected chi connectivity index (χ1v) is 5.83. The topological polar surface area (TPSA) is 32.7 Å². The smallest absolute Gasteiger partial charge is 0.0900 e. The Labute approximate surface area is 93.7 Å². The molecule has 0 aliphatic rings. The second kappa shape index (κ2) is 10.1. The van der Waals surface area contributed by atoms with Crippen LogP contribution >= 0.6 is 0 Å². The Morgan fingerprint density at radius 3 is 2.40 bits per heavy atom. The minimum absolute atomic E-state index is 0.386. The molecule has 1 atom stereocenters. The van der Waals surface area contributed by atoms with Crippen LogP contribution in [0.4, 0.5) is 0 Å². The molecule has 0 radical (unpaired) electrons. The summed E-state index contributed by atoms with van der Waals surface area (Å²) in [5.41, 5.74) is 0. The molecular formula is C12H25NO2. The van der Waals surface area contributed by atoms with Gasteiger partial charge in [-0.25, -0.2) is 0 Å². The van der Waals surface area contributed by atoms with E-state index in [0.29, 0.717) is 19.8 Å². The van der Waals surface area contributed by atoms with E-state index in [2.05, 4.69) is 25.3 Å². The van der Waals surface area contributed by atoms with Crippen molar-refractivity contribution in [3.63, 3.8) is 0 Å². The number of ether oxygens (including phenoxy) is 1. The van der Waals surface area contributed by atoms with Gasteiger partial charge >= 0.3 is 0 Å². The van der Waals surface area contributed by atoms with Gasteiger partial charge in [0.1, 0.15) is 0 Å². The van der Waals surface area contributed by atoms with Crippen molar-refractivity contribution in [2.75, 3.05) is 32.8 Å². The van der Waals surface area contributed by atoms with Crippen molar-refractivity contribution in [2.24, 2.45) is 0 Å². The van der Waals surface area contributed by atoms with E-state index in [4.69, 9.17) is 4.74 Å². The summed E-state index contributed by atoms with van der Waals surface area (Å²) in [5.74, 6) is 0. The lowest BCUT2D eigenvalue weighted by Gasteiger charge is -2.23. The molecule has 1 N–H and O–H groups in total. The quantitative estimate of drug-likeness (QED) is 0.444. The normalized spacial score (nSPS) is 13.1. The number of hydrogen-bond acceptors (Lipinski definition) is 3. The van der Waals surface area contributed by atoms with E-state index in [0.717, 1.165) is 25.9 Å². The van der Waals surface area contributed by atoms with Crippen LogP contribution in [0, 0.1) is 0 Å². The van der Waals surface area contributed by atoms with Gasteiger partial charge in [0.25, 0.3) is 0 Å². The molecule has 0 spiro atoms. The van der Waals surface area contributed by atoms with Gasteiger partial charge in [-0.1, -0.05) is 19.9 Å². The van der Waals surface area contributed by atoms with Crippen LogP contribution in [0.5, 0.6) is 0 Å². The molecule has 0 aliphatic carbocycles. The molecule has 3 heteroatoms. The fourth-order valence-corrected chi connectivity index (χ4v) is 1.56. The van der Waals surface area contributed by atoms with E-state index in [-0.39, 0.29) is 6.10 Å². The molecule has 0 aliphatic heterocycles. The third kappa shape index (κ3) is 8.60. The first-order valence-electron chi connectivity index (χ1n) is 5.83. The zero-order valence-electron chi connectivity index (χ0n) is 10.1. The Morgan fingerprint density at radius 2 is 1.93 bits per heavy atom. The van der Waals surface area contributed by atoms with Crippen LogP contribution < -0.4 is 0 Å². The maximum Gasteiger partial charge on any atom is 0.0900 e. The summed E-state index contributed by atoms with van der Waals surface area (Å²) in [6.07, 6.45) is 3.56. The van der Waals surface area contributed by atoms with Crippen molar-refractivity contribution in [1.82, 2.24) is 4.90 Å². The standard InChI is InChI=1S/C12H25NO2/c1-4-7-13(8-5-2)10-12(14)11-15-9-6-3/h6,12,14H,3-5,7-11H2,1-2H3/t12-/m0/s1. The summed E-state index contributed by atoms with van der Waals surface area (Å²) in [6.45, 7) is 11.6.